The Morgan fingerprint density at radius 1 is 1.60 bits per heavy atom. The molecule has 1 aromatic carbocycles. The van der Waals surface area contributed by atoms with Gasteiger partial charge in [0.15, 0.2) is 5.78 Å². The highest BCUT2D eigenvalue weighted by atomic mass is 16.6. The second-order valence-corrected chi connectivity index (χ2v) is 2.85. The molecule has 0 saturated carbocycles. The van der Waals surface area contributed by atoms with Gasteiger partial charge in [0, 0.05) is 0 Å². The van der Waals surface area contributed by atoms with Gasteiger partial charge in [-0.2, -0.15) is 5.26 Å². The van der Waals surface area contributed by atoms with Crippen molar-refractivity contribution in [3.63, 3.8) is 0 Å². The summed E-state index contributed by atoms with van der Waals surface area (Å²) in [7, 11) is 0. The summed E-state index contributed by atoms with van der Waals surface area (Å²) in [6.45, 7) is 1.20. The third kappa shape index (κ3) is 1.76. The number of ketones is 1. The standard InChI is InChI=1S/C9H7N3O3/c1-5(13)7-3-2-6(4-10)8(11)9(7)12(14)15/h2-3H,11H2,1H3. The van der Waals surface area contributed by atoms with E-state index in [4.69, 9.17) is 11.0 Å². The zero-order valence-corrected chi connectivity index (χ0v) is 7.85. The van der Waals surface area contributed by atoms with Crippen LogP contribution in [-0.4, -0.2) is 10.7 Å². The van der Waals surface area contributed by atoms with E-state index in [0.29, 0.717) is 0 Å². The second kappa shape index (κ2) is 3.75. The Bertz CT molecular complexity index is 488. The van der Waals surface area contributed by atoms with Gasteiger partial charge in [-0.3, -0.25) is 14.9 Å². The number of benzene rings is 1. The topological polar surface area (TPSA) is 110 Å². The van der Waals surface area contributed by atoms with E-state index in [-0.39, 0.29) is 16.8 Å². The first-order valence-corrected chi connectivity index (χ1v) is 3.97. The van der Waals surface area contributed by atoms with Gasteiger partial charge in [0.25, 0.3) is 0 Å². The van der Waals surface area contributed by atoms with E-state index in [0.717, 1.165) is 0 Å². The highest BCUT2D eigenvalue weighted by Crippen LogP contribution is 2.29. The molecular weight excluding hydrogens is 198 g/mol. The molecule has 6 nitrogen and oxygen atoms in total. The van der Waals surface area contributed by atoms with Gasteiger partial charge in [0.1, 0.15) is 11.8 Å². The van der Waals surface area contributed by atoms with Crippen LogP contribution in [0.15, 0.2) is 12.1 Å². The fourth-order valence-electron chi connectivity index (χ4n) is 1.19. The lowest BCUT2D eigenvalue weighted by molar-refractivity contribution is -0.384. The summed E-state index contributed by atoms with van der Waals surface area (Å²) in [5.74, 6) is -0.460. The van der Waals surface area contributed by atoms with Gasteiger partial charge < -0.3 is 5.73 Å². The smallest absolute Gasteiger partial charge is 0.304 e. The summed E-state index contributed by atoms with van der Waals surface area (Å²) in [6, 6.07) is 4.24. The number of nitro groups is 1. The number of hydrogen-bond acceptors (Lipinski definition) is 5. The zero-order valence-electron chi connectivity index (χ0n) is 7.85. The number of carbonyl (C=O) groups is 1. The summed E-state index contributed by atoms with van der Waals surface area (Å²) in [4.78, 5) is 21.0. The lowest BCUT2D eigenvalue weighted by atomic mass is 10.0. The molecule has 0 aliphatic heterocycles. The maximum atomic E-state index is 11.1. The predicted molar refractivity (Wildman–Crippen MR) is 52.2 cm³/mol. The van der Waals surface area contributed by atoms with Gasteiger partial charge in [-0.25, -0.2) is 0 Å². The van der Waals surface area contributed by atoms with E-state index in [1.165, 1.54) is 19.1 Å². The minimum absolute atomic E-state index is 0.00769. The number of Topliss-reactive ketones (excluding diaryl/α,β-unsaturated/α-hetero) is 1. The monoisotopic (exact) mass is 205 g/mol. The first kappa shape index (κ1) is 10.7. The van der Waals surface area contributed by atoms with E-state index in [1.807, 2.05) is 0 Å². The fraction of sp³-hybridized carbons (Fsp3) is 0.111. The Morgan fingerprint density at radius 2 is 2.20 bits per heavy atom. The number of nitrogens with zero attached hydrogens (tertiary/aromatic N) is 2. The van der Waals surface area contributed by atoms with Crippen LogP contribution in [0.3, 0.4) is 0 Å². The number of nitriles is 1. The van der Waals surface area contributed by atoms with Gasteiger partial charge in [0.05, 0.1) is 16.1 Å². The molecule has 0 unspecified atom stereocenters. The van der Waals surface area contributed by atoms with Gasteiger partial charge in [0.2, 0.25) is 0 Å². The van der Waals surface area contributed by atoms with Crippen LogP contribution in [0.2, 0.25) is 0 Å². The lowest BCUT2D eigenvalue weighted by Gasteiger charge is -2.03. The van der Waals surface area contributed by atoms with Gasteiger partial charge >= 0.3 is 5.69 Å². The average Bonchev–Trinajstić information content (AvgIpc) is 2.16. The number of rotatable bonds is 2. The molecule has 0 atom stereocenters. The number of hydrogen-bond donors (Lipinski definition) is 1. The van der Waals surface area contributed by atoms with Crippen LogP contribution >= 0.6 is 0 Å². The average molecular weight is 205 g/mol. The van der Waals surface area contributed by atoms with Crippen molar-refractivity contribution in [2.75, 3.05) is 5.73 Å². The Labute approximate surface area is 85.1 Å². The lowest BCUT2D eigenvalue weighted by Crippen LogP contribution is -2.05. The number of nitrogens with two attached hydrogens (primary N) is 1. The maximum absolute atomic E-state index is 11.1. The molecule has 0 spiro atoms. The third-order valence-corrected chi connectivity index (χ3v) is 1.90. The summed E-state index contributed by atoms with van der Waals surface area (Å²) in [5, 5.41) is 19.3. The Hall–Kier alpha value is -2.42. The van der Waals surface area contributed by atoms with Crippen molar-refractivity contribution in [2.24, 2.45) is 0 Å². The van der Waals surface area contributed by atoms with E-state index >= 15 is 0 Å². The summed E-state index contributed by atoms with van der Waals surface area (Å²) in [6.07, 6.45) is 0. The second-order valence-electron chi connectivity index (χ2n) is 2.85. The molecule has 0 heterocycles. The third-order valence-electron chi connectivity index (χ3n) is 1.90. The highest BCUT2D eigenvalue weighted by Gasteiger charge is 2.23. The molecule has 0 aliphatic carbocycles. The fourth-order valence-corrected chi connectivity index (χ4v) is 1.19. The van der Waals surface area contributed by atoms with Gasteiger partial charge in [-0.15, -0.1) is 0 Å². The molecule has 0 amide bonds. The van der Waals surface area contributed by atoms with Crippen molar-refractivity contribution < 1.29 is 9.72 Å². The molecule has 2 N–H and O–H groups in total. The van der Waals surface area contributed by atoms with E-state index in [1.54, 1.807) is 6.07 Å². The van der Waals surface area contributed by atoms with Crippen molar-refractivity contribution in [3.05, 3.63) is 33.4 Å². The first-order valence-electron chi connectivity index (χ1n) is 3.97. The number of nitro benzene ring substituents is 1. The van der Waals surface area contributed by atoms with Crippen molar-refractivity contribution in [1.82, 2.24) is 0 Å². The van der Waals surface area contributed by atoms with Crippen molar-refractivity contribution in [3.8, 4) is 6.07 Å². The number of nitrogen functional groups attached to an aromatic ring is 1. The molecular formula is C9H7N3O3. The van der Waals surface area contributed by atoms with Crippen molar-refractivity contribution >= 4 is 17.2 Å². The van der Waals surface area contributed by atoms with Crippen LogP contribution in [0.4, 0.5) is 11.4 Å². The summed E-state index contributed by atoms with van der Waals surface area (Å²) < 4.78 is 0. The van der Waals surface area contributed by atoms with Crippen LogP contribution in [0.1, 0.15) is 22.8 Å². The predicted octanol–water partition coefficient (Wildman–Crippen LogP) is 1.25. The number of anilines is 1. The van der Waals surface area contributed by atoms with Crippen LogP contribution in [-0.2, 0) is 0 Å². The quantitative estimate of drug-likeness (QED) is 0.338. The molecule has 76 valence electrons. The highest BCUT2D eigenvalue weighted by molar-refractivity contribution is 6.00. The normalized spacial score (nSPS) is 9.33. The van der Waals surface area contributed by atoms with E-state index < -0.39 is 16.4 Å². The van der Waals surface area contributed by atoms with Crippen molar-refractivity contribution in [2.45, 2.75) is 6.92 Å². The largest absolute Gasteiger partial charge is 0.392 e. The van der Waals surface area contributed by atoms with E-state index in [2.05, 4.69) is 0 Å². The Kier molecular flexibility index (Phi) is 2.67. The molecule has 0 fully saturated rings. The van der Waals surface area contributed by atoms with Gasteiger partial charge in [-0.05, 0) is 19.1 Å². The van der Waals surface area contributed by atoms with Crippen LogP contribution in [0.5, 0.6) is 0 Å². The summed E-state index contributed by atoms with van der Waals surface area (Å²) >= 11 is 0. The molecule has 1 aromatic rings. The molecule has 15 heavy (non-hydrogen) atoms. The minimum atomic E-state index is -0.757. The SMILES string of the molecule is CC(=O)c1ccc(C#N)c(N)c1[N+](=O)[O-]. The molecule has 0 bridgehead atoms. The molecule has 0 aromatic heterocycles. The van der Waals surface area contributed by atoms with Crippen LogP contribution in [0.25, 0.3) is 0 Å². The van der Waals surface area contributed by atoms with Crippen LogP contribution in [0, 0.1) is 21.4 Å². The molecule has 0 aliphatic rings. The Morgan fingerprint density at radius 3 is 2.60 bits per heavy atom. The van der Waals surface area contributed by atoms with Gasteiger partial charge in [-0.1, -0.05) is 0 Å². The van der Waals surface area contributed by atoms with Crippen LogP contribution < -0.4 is 5.73 Å². The minimum Gasteiger partial charge on any atom is -0.392 e. The molecule has 0 saturated heterocycles. The first-order chi connectivity index (χ1) is 6.99. The molecule has 6 heteroatoms. The molecule has 1 rings (SSSR count). The Balaban J connectivity index is 3.60. The van der Waals surface area contributed by atoms with Crippen molar-refractivity contribution in [1.29, 1.82) is 5.26 Å². The maximum Gasteiger partial charge on any atom is 0.304 e. The number of carbonyl (C=O) groups excluding carboxylic acids is 1. The summed E-state index contributed by atoms with van der Waals surface area (Å²) in [5.41, 5.74) is 4.56. The zero-order chi connectivity index (χ0) is 11.6. The molecule has 0 radical (unpaired) electrons. The van der Waals surface area contributed by atoms with E-state index in [9.17, 15) is 14.9 Å².